The first-order valence-electron chi connectivity index (χ1n) is 10.9. The number of hydrogen-bond donors (Lipinski definition) is 1. The highest BCUT2D eigenvalue weighted by Crippen LogP contribution is 2.24. The highest BCUT2D eigenvalue weighted by Gasteiger charge is 2.26. The van der Waals surface area contributed by atoms with E-state index in [0.29, 0.717) is 18.4 Å². The van der Waals surface area contributed by atoms with Gasteiger partial charge in [0.1, 0.15) is 0 Å². The van der Waals surface area contributed by atoms with Crippen molar-refractivity contribution in [1.29, 1.82) is 0 Å². The van der Waals surface area contributed by atoms with Gasteiger partial charge in [-0.2, -0.15) is 5.10 Å². The summed E-state index contributed by atoms with van der Waals surface area (Å²) in [6.07, 6.45) is 3.37. The van der Waals surface area contributed by atoms with Gasteiger partial charge in [-0.05, 0) is 44.6 Å². The average Bonchev–Trinajstić information content (AvgIpc) is 3.08. The molecule has 1 aromatic carbocycles. The molecule has 29 heavy (non-hydrogen) atoms. The molecule has 0 radical (unpaired) electrons. The van der Waals surface area contributed by atoms with Crippen molar-refractivity contribution in [2.45, 2.75) is 33.1 Å². The van der Waals surface area contributed by atoms with E-state index in [1.54, 1.807) is 0 Å². The molecular formula is C23H33N5O. The van der Waals surface area contributed by atoms with Crippen molar-refractivity contribution in [1.82, 2.24) is 20.0 Å². The number of amides is 1. The minimum atomic E-state index is 0.298. The van der Waals surface area contributed by atoms with Crippen LogP contribution in [0.4, 0.5) is 5.69 Å². The number of rotatable bonds is 5. The van der Waals surface area contributed by atoms with Crippen molar-refractivity contribution in [3.63, 3.8) is 0 Å². The zero-order chi connectivity index (χ0) is 20.2. The van der Waals surface area contributed by atoms with Gasteiger partial charge in [-0.15, -0.1) is 0 Å². The zero-order valence-electron chi connectivity index (χ0n) is 17.7. The summed E-state index contributed by atoms with van der Waals surface area (Å²) in [6, 6.07) is 10.7. The largest absolute Gasteiger partial charge is 0.366 e. The number of hydrogen-bond acceptors (Lipinski definition) is 4. The molecule has 0 aliphatic carbocycles. The summed E-state index contributed by atoms with van der Waals surface area (Å²) in [7, 11) is 0. The fourth-order valence-electron chi connectivity index (χ4n) is 4.77. The first-order chi connectivity index (χ1) is 14.1. The number of H-pyrrole nitrogens is 1. The number of aromatic amines is 1. The SMILES string of the molecule is Cc1n[nH]c(C)c1N1CCN(CC(=O)N2CCC(Cc3ccccc3)CC2)CC1. The quantitative estimate of drug-likeness (QED) is 0.846. The van der Waals surface area contributed by atoms with Crippen LogP contribution in [0.2, 0.25) is 0 Å². The maximum Gasteiger partial charge on any atom is 0.236 e. The normalized spacial score (nSPS) is 19.0. The first kappa shape index (κ1) is 20.0. The third kappa shape index (κ3) is 4.81. The fourth-order valence-corrected chi connectivity index (χ4v) is 4.77. The lowest BCUT2D eigenvalue weighted by Gasteiger charge is -2.38. The number of anilines is 1. The molecule has 2 aliphatic rings. The smallest absolute Gasteiger partial charge is 0.236 e. The molecule has 1 N–H and O–H groups in total. The molecule has 0 unspecified atom stereocenters. The van der Waals surface area contributed by atoms with E-state index in [2.05, 4.69) is 69.1 Å². The molecule has 0 saturated carbocycles. The second-order valence-corrected chi connectivity index (χ2v) is 8.56. The molecule has 6 nitrogen and oxygen atoms in total. The van der Waals surface area contributed by atoms with E-state index in [9.17, 15) is 4.79 Å². The van der Waals surface area contributed by atoms with E-state index in [-0.39, 0.29) is 0 Å². The number of carbonyl (C=O) groups is 1. The lowest BCUT2D eigenvalue weighted by molar-refractivity contribution is -0.133. The summed E-state index contributed by atoms with van der Waals surface area (Å²) in [4.78, 5) is 19.6. The zero-order valence-corrected chi connectivity index (χ0v) is 17.7. The second kappa shape index (κ2) is 8.99. The summed E-state index contributed by atoms with van der Waals surface area (Å²) in [5, 5.41) is 7.38. The Morgan fingerprint density at radius 3 is 2.34 bits per heavy atom. The second-order valence-electron chi connectivity index (χ2n) is 8.56. The van der Waals surface area contributed by atoms with Crippen LogP contribution >= 0.6 is 0 Å². The number of nitrogens with zero attached hydrogens (tertiary/aromatic N) is 4. The molecule has 0 atom stereocenters. The number of piperidine rings is 1. The van der Waals surface area contributed by atoms with Gasteiger partial charge in [0.15, 0.2) is 0 Å². The average molecular weight is 396 g/mol. The maximum absolute atomic E-state index is 12.8. The Kier molecular flexibility index (Phi) is 6.19. The van der Waals surface area contributed by atoms with Gasteiger partial charge in [0.25, 0.3) is 0 Å². The summed E-state index contributed by atoms with van der Waals surface area (Å²) in [5.74, 6) is 0.999. The highest BCUT2D eigenvalue weighted by molar-refractivity contribution is 5.78. The topological polar surface area (TPSA) is 55.5 Å². The van der Waals surface area contributed by atoms with Crippen LogP contribution in [0.3, 0.4) is 0 Å². The predicted octanol–water partition coefficient (Wildman–Crippen LogP) is 2.63. The molecule has 1 amide bonds. The highest BCUT2D eigenvalue weighted by atomic mass is 16.2. The van der Waals surface area contributed by atoms with E-state index >= 15 is 0 Å². The monoisotopic (exact) mass is 395 g/mol. The Morgan fingerprint density at radius 1 is 1.03 bits per heavy atom. The lowest BCUT2D eigenvalue weighted by Crippen LogP contribution is -2.51. The van der Waals surface area contributed by atoms with Crippen LogP contribution < -0.4 is 4.90 Å². The third-order valence-corrected chi connectivity index (χ3v) is 6.47. The van der Waals surface area contributed by atoms with Crippen LogP contribution in [-0.2, 0) is 11.2 Å². The van der Waals surface area contributed by atoms with Crippen LogP contribution in [-0.4, -0.2) is 71.7 Å². The van der Waals surface area contributed by atoms with Crippen LogP contribution in [0.5, 0.6) is 0 Å². The summed E-state index contributed by atoms with van der Waals surface area (Å²) in [6.45, 7) is 10.3. The van der Waals surface area contributed by atoms with Gasteiger partial charge in [-0.3, -0.25) is 14.8 Å². The molecule has 0 bridgehead atoms. The van der Waals surface area contributed by atoms with Crippen LogP contribution in [0.15, 0.2) is 30.3 Å². The molecule has 1 aromatic heterocycles. The summed E-state index contributed by atoms with van der Waals surface area (Å²) >= 11 is 0. The Morgan fingerprint density at radius 2 is 1.72 bits per heavy atom. The molecule has 3 heterocycles. The maximum atomic E-state index is 12.8. The predicted molar refractivity (Wildman–Crippen MR) is 116 cm³/mol. The minimum absolute atomic E-state index is 0.298. The Balaban J connectivity index is 1.21. The molecule has 6 heteroatoms. The Labute approximate surface area is 173 Å². The number of piperazine rings is 1. The van der Waals surface area contributed by atoms with E-state index in [1.165, 1.54) is 11.3 Å². The van der Waals surface area contributed by atoms with E-state index in [1.807, 2.05) is 0 Å². The molecule has 0 spiro atoms. The van der Waals surface area contributed by atoms with Gasteiger partial charge >= 0.3 is 0 Å². The van der Waals surface area contributed by atoms with Crippen molar-refractivity contribution >= 4 is 11.6 Å². The van der Waals surface area contributed by atoms with Gasteiger partial charge in [-0.25, -0.2) is 0 Å². The summed E-state index contributed by atoms with van der Waals surface area (Å²) < 4.78 is 0. The van der Waals surface area contributed by atoms with Crippen molar-refractivity contribution < 1.29 is 4.79 Å². The number of nitrogens with one attached hydrogen (secondary N) is 1. The van der Waals surface area contributed by atoms with Crippen molar-refractivity contribution in [2.24, 2.45) is 5.92 Å². The lowest BCUT2D eigenvalue weighted by atomic mass is 9.90. The van der Waals surface area contributed by atoms with Gasteiger partial charge < -0.3 is 9.80 Å². The third-order valence-electron chi connectivity index (χ3n) is 6.47. The fraction of sp³-hybridized carbons (Fsp3) is 0.565. The van der Waals surface area contributed by atoms with Gasteiger partial charge in [0.2, 0.25) is 5.91 Å². The number of carbonyl (C=O) groups excluding carboxylic acids is 1. The standard InChI is InChI=1S/C23H33N5O/c1-18-23(19(2)25-24-18)28-14-12-26(13-15-28)17-22(29)27-10-8-21(9-11-27)16-20-6-4-3-5-7-20/h3-7,21H,8-17H2,1-2H3,(H,24,25). The van der Waals surface area contributed by atoms with Crippen molar-refractivity contribution in [3.05, 3.63) is 47.3 Å². The van der Waals surface area contributed by atoms with Crippen LogP contribution in [0.25, 0.3) is 0 Å². The Bertz CT molecular complexity index is 782. The number of likely N-dealkylation sites (tertiary alicyclic amines) is 1. The van der Waals surface area contributed by atoms with Crippen molar-refractivity contribution in [3.8, 4) is 0 Å². The van der Waals surface area contributed by atoms with Gasteiger partial charge in [0.05, 0.1) is 23.6 Å². The van der Waals surface area contributed by atoms with Gasteiger partial charge in [0, 0.05) is 39.3 Å². The van der Waals surface area contributed by atoms with Crippen LogP contribution in [0, 0.1) is 19.8 Å². The number of aryl methyl sites for hydroxylation is 2. The molecule has 4 rings (SSSR count). The molecule has 156 valence electrons. The minimum Gasteiger partial charge on any atom is -0.366 e. The summed E-state index contributed by atoms with van der Waals surface area (Å²) in [5.41, 5.74) is 4.84. The molecule has 2 aliphatic heterocycles. The van der Waals surface area contributed by atoms with Gasteiger partial charge in [-0.1, -0.05) is 30.3 Å². The number of aromatic nitrogens is 2. The van der Waals surface area contributed by atoms with E-state index in [0.717, 1.165) is 69.9 Å². The molecule has 2 fully saturated rings. The van der Waals surface area contributed by atoms with E-state index < -0.39 is 0 Å². The number of benzene rings is 1. The van der Waals surface area contributed by atoms with E-state index in [4.69, 9.17) is 0 Å². The molecule has 2 aromatic rings. The van der Waals surface area contributed by atoms with Crippen molar-refractivity contribution in [2.75, 3.05) is 50.7 Å². The van der Waals surface area contributed by atoms with Crippen LogP contribution in [0.1, 0.15) is 29.8 Å². The first-order valence-corrected chi connectivity index (χ1v) is 10.9. The Hall–Kier alpha value is -2.34. The molecular weight excluding hydrogens is 362 g/mol. The molecule has 2 saturated heterocycles.